The number of benzene rings is 1. The molecular weight excluding hydrogens is 160 g/mol. The molecule has 0 radical (unpaired) electrons. The zero-order chi connectivity index (χ0) is 8.59. The second kappa shape index (κ2) is 2.62. The standard InChI is InChI=1S/C8H11ClN2/c1-4-3-5(2)7(10)8(11)6(4)9/h3H,10-11H2,1-2H3. The molecule has 0 aromatic heterocycles. The monoisotopic (exact) mass is 170 g/mol. The Balaban J connectivity index is 3.46. The van der Waals surface area contributed by atoms with E-state index in [0.29, 0.717) is 16.4 Å². The van der Waals surface area contributed by atoms with Crippen LogP contribution in [0.2, 0.25) is 5.02 Å². The summed E-state index contributed by atoms with van der Waals surface area (Å²) < 4.78 is 0. The summed E-state index contributed by atoms with van der Waals surface area (Å²) in [5.41, 5.74) is 14.3. The summed E-state index contributed by atoms with van der Waals surface area (Å²) >= 11 is 5.85. The van der Waals surface area contributed by atoms with Crippen molar-refractivity contribution in [2.45, 2.75) is 13.8 Å². The van der Waals surface area contributed by atoms with E-state index in [1.54, 1.807) is 0 Å². The van der Waals surface area contributed by atoms with E-state index in [0.717, 1.165) is 11.1 Å². The average Bonchev–Trinajstić information content (AvgIpc) is 1.97. The summed E-state index contributed by atoms with van der Waals surface area (Å²) in [6, 6.07) is 1.92. The van der Waals surface area contributed by atoms with Gasteiger partial charge in [0.25, 0.3) is 0 Å². The molecule has 0 spiro atoms. The molecule has 0 unspecified atom stereocenters. The first kappa shape index (κ1) is 8.21. The predicted molar refractivity (Wildman–Crippen MR) is 49.8 cm³/mol. The van der Waals surface area contributed by atoms with Crippen LogP contribution in [0.4, 0.5) is 11.4 Å². The number of nitrogens with two attached hydrogens (primary N) is 2. The largest absolute Gasteiger partial charge is 0.397 e. The Hall–Kier alpha value is -0.890. The molecule has 2 nitrogen and oxygen atoms in total. The summed E-state index contributed by atoms with van der Waals surface area (Å²) in [6.45, 7) is 3.82. The smallest absolute Gasteiger partial charge is 0.0742 e. The third-order valence-electron chi connectivity index (χ3n) is 1.73. The molecule has 0 saturated carbocycles. The molecule has 11 heavy (non-hydrogen) atoms. The van der Waals surface area contributed by atoms with E-state index in [1.165, 1.54) is 0 Å². The number of hydrogen-bond donors (Lipinski definition) is 2. The van der Waals surface area contributed by atoms with Gasteiger partial charge in [0.15, 0.2) is 0 Å². The van der Waals surface area contributed by atoms with Crippen molar-refractivity contribution in [1.29, 1.82) is 0 Å². The van der Waals surface area contributed by atoms with Gasteiger partial charge in [-0.25, -0.2) is 0 Å². The van der Waals surface area contributed by atoms with Crippen molar-refractivity contribution in [3.05, 3.63) is 22.2 Å². The maximum atomic E-state index is 5.85. The van der Waals surface area contributed by atoms with Crippen molar-refractivity contribution in [1.82, 2.24) is 0 Å². The molecular formula is C8H11ClN2. The van der Waals surface area contributed by atoms with E-state index in [2.05, 4.69) is 0 Å². The number of anilines is 2. The lowest BCUT2D eigenvalue weighted by atomic mass is 10.1. The molecule has 0 heterocycles. The van der Waals surface area contributed by atoms with Gasteiger partial charge in [-0.05, 0) is 25.0 Å². The Labute approximate surface area is 71.1 Å². The lowest BCUT2D eigenvalue weighted by Crippen LogP contribution is -1.99. The first-order valence-corrected chi connectivity index (χ1v) is 3.72. The van der Waals surface area contributed by atoms with Crippen LogP contribution >= 0.6 is 11.6 Å². The highest BCUT2D eigenvalue weighted by atomic mass is 35.5. The fraction of sp³-hybridized carbons (Fsp3) is 0.250. The third-order valence-corrected chi connectivity index (χ3v) is 2.23. The molecule has 4 N–H and O–H groups in total. The second-order valence-electron chi connectivity index (χ2n) is 2.65. The van der Waals surface area contributed by atoms with Crippen LogP contribution in [0.5, 0.6) is 0 Å². The van der Waals surface area contributed by atoms with Crippen molar-refractivity contribution in [2.24, 2.45) is 0 Å². The quantitative estimate of drug-likeness (QED) is 0.586. The van der Waals surface area contributed by atoms with E-state index in [9.17, 15) is 0 Å². The minimum absolute atomic E-state index is 0.490. The van der Waals surface area contributed by atoms with Crippen molar-refractivity contribution in [3.63, 3.8) is 0 Å². The van der Waals surface area contributed by atoms with Crippen LogP contribution < -0.4 is 11.5 Å². The van der Waals surface area contributed by atoms with E-state index in [1.807, 2.05) is 19.9 Å². The Morgan fingerprint density at radius 1 is 1.09 bits per heavy atom. The highest BCUT2D eigenvalue weighted by molar-refractivity contribution is 6.34. The lowest BCUT2D eigenvalue weighted by molar-refractivity contribution is 1.39. The molecule has 0 bridgehead atoms. The van der Waals surface area contributed by atoms with Gasteiger partial charge in [0.05, 0.1) is 16.4 Å². The number of rotatable bonds is 0. The van der Waals surface area contributed by atoms with E-state index in [4.69, 9.17) is 23.1 Å². The fourth-order valence-corrected chi connectivity index (χ4v) is 1.17. The summed E-state index contributed by atoms with van der Waals surface area (Å²) in [4.78, 5) is 0. The van der Waals surface area contributed by atoms with E-state index >= 15 is 0 Å². The first-order valence-electron chi connectivity index (χ1n) is 3.34. The van der Waals surface area contributed by atoms with Crippen molar-refractivity contribution in [3.8, 4) is 0 Å². The topological polar surface area (TPSA) is 52.0 Å². The van der Waals surface area contributed by atoms with Crippen LogP contribution in [0.3, 0.4) is 0 Å². The Bertz CT molecular complexity index is 268. The second-order valence-corrected chi connectivity index (χ2v) is 3.03. The van der Waals surface area contributed by atoms with Gasteiger partial charge < -0.3 is 11.5 Å². The Kier molecular flexibility index (Phi) is 1.96. The highest BCUT2D eigenvalue weighted by Crippen LogP contribution is 2.30. The van der Waals surface area contributed by atoms with Gasteiger partial charge in [0.2, 0.25) is 0 Å². The number of hydrogen-bond acceptors (Lipinski definition) is 2. The fourth-order valence-electron chi connectivity index (χ4n) is 1.01. The van der Waals surface area contributed by atoms with Crippen LogP contribution in [-0.4, -0.2) is 0 Å². The molecule has 0 amide bonds. The van der Waals surface area contributed by atoms with Gasteiger partial charge in [0, 0.05) is 0 Å². The molecule has 0 aliphatic rings. The van der Waals surface area contributed by atoms with Crippen LogP contribution in [-0.2, 0) is 0 Å². The molecule has 0 fully saturated rings. The first-order chi connectivity index (χ1) is 5.04. The van der Waals surface area contributed by atoms with Gasteiger partial charge in [-0.2, -0.15) is 0 Å². The van der Waals surface area contributed by atoms with Crippen LogP contribution in [0.15, 0.2) is 6.07 Å². The van der Waals surface area contributed by atoms with Gasteiger partial charge >= 0.3 is 0 Å². The van der Waals surface area contributed by atoms with Crippen LogP contribution in [0.1, 0.15) is 11.1 Å². The van der Waals surface area contributed by atoms with Gasteiger partial charge in [-0.15, -0.1) is 0 Å². The highest BCUT2D eigenvalue weighted by Gasteiger charge is 2.05. The van der Waals surface area contributed by atoms with Gasteiger partial charge in [-0.1, -0.05) is 17.7 Å². The van der Waals surface area contributed by atoms with Gasteiger partial charge in [-0.3, -0.25) is 0 Å². The molecule has 60 valence electrons. The molecule has 0 aliphatic carbocycles. The molecule has 0 aliphatic heterocycles. The summed E-state index contributed by atoms with van der Waals surface area (Å²) in [7, 11) is 0. The normalized spacial score (nSPS) is 10.1. The molecule has 0 saturated heterocycles. The third kappa shape index (κ3) is 1.26. The van der Waals surface area contributed by atoms with E-state index in [-0.39, 0.29) is 0 Å². The van der Waals surface area contributed by atoms with E-state index < -0.39 is 0 Å². The zero-order valence-electron chi connectivity index (χ0n) is 6.61. The Morgan fingerprint density at radius 2 is 1.64 bits per heavy atom. The van der Waals surface area contributed by atoms with Crippen molar-refractivity contribution >= 4 is 23.0 Å². The zero-order valence-corrected chi connectivity index (χ0v) is 7.37. The van der Waals surface area contributed by atoms with Crippen molar-refractivity contribution < 1.29 is 0 Å². The number of nitrogen functional groups attached to an aromatic ring is 2. The molecule has 1 aromatic carbocycles. The maximum absolute atomic E-state index is 5.85. The Morgan fingerprint density at radius 3 is 2.18 bits per heavy atom. The lowest BCUT2D eigenvalue weighted by Gasteiger charge is -2.08. The SMILES string of the molecule is Cc1cc(C)c(Cl)c(N)c1N. The van der Waals surface area contributed by atoms with Crippen LogP contribution in [0, 0.1) is 13.8 Å². The molecule has 3 heteroatoms. The molecule has 1 aromatic rings. The summed E-state index contributed by atoms with van der Waals surface area (Å²) in [5, 5.41) is 0.563. The number of aryl methyl sites for hydroxylation is 2. The predicted octanol–water partition coefficient (Wildman–Crippen LogP) is 2.12. The van der Waals surface area contributed by atoms with Crippen molar-refractivity contribution in [2.75, 3.05) is 11.5 Å². The molecule has 0 atom stereocenters. The van der Waals surface area contributed by atoms with Crippen LogP contribution in [0.25, 0.3) is 0 Å². The maximum Gasteiger partial charge on any atom is 0.0742 e. The molecule has 1 rings (SSSR count). The summed E-state index contributed by atoms with van der Waals surface area (Å²) in [6.07, 6.45) is 0. The minimum atomic E-state index is 0.490. The minimum Gasteiger partial charge on any atom is -0.397 e. The average molecular weight is 171 g/mol. The summed E-state index contributed by atoms with van der Waals surface area (Å²) in [5.74, 6) is 0. The number of halogens is 1. The van der Waals surface area contributed by atoms with Gasteiger partial charge in [0.1, 0.15) is 0 Å².